The topological polar surface area (TPSA) is 15.7 Å². The molecule has 0 bridgehead atoms. The highest BCUT2D eigenvalue weighted by molar-refractivity contribution is 7.01. The first kappa shape index (κ1) is 36.2. The van der Waals surface area contributed by atoms with Gasteiger partial charge in [-0.1, -0.05) is 176 Å². The van der Waals surface area contributed by atoms with Crippen molar-refractivity contribution in [3.63, 3.8) is 0 Å². The predicted molar refractivity (Wildman–Crippen MR) is 269 cm³/mol. The van der Waals surface area contributed by atoms with Crippen LogP contribution in [-0.4, -0.2) is 6.71 Å². The Labute approximate surface area is 379 Å². The van der Waals surface area contributed by atoms with Crippen molar-refractivity contribution in [2.75, 3.05) is 9.80 Å². The third-order valence-corrected chi connectivity index (χ3v) is 14.3. The Kier molecular flexibility index (Phi) is 7.70. The Morgan fingerprint density at radius 2 is 0.846 bits per heavy atom. The molecule has 302 valence electrons. The van der Waals surface area contributed by atoms with Gasteiger partial charge >= 0.3 is 0 Å². The lowest BCUT2D eigenvalue weighted by Gasteiger charge is -2.45. The molecule has 4 heteroatoms. The monoisotopic (exact) mass is 826 g/mol. The summed E-state index contributed by atoms with van der Waals surface area (Å²) < 4.78 is 6.77. The first-order chi connectivity index (χ1) is 32.3. The van der Waals surface area contributed by atoms with Crippen LogP contribution in [0.4, 0.5) is 34.1 Å². The first-order valence-electron chi connectivity index (χ1n) is 22.6. The Balaban J connectivity index is 1.10. The summed E-state index contributed by atoms with van der Waals surface area (Å²) >= 11 is 0. The van der Waals surface area contributed by atoms with E-state index in [1.807, 2.05) is 0 Å². The van der Waals surface area contributed by atoms with E-state index in [1.54, 1.807) is 0 Å². The highest BCUT2D eigenvalue weighted by atomic mass is 16.5. The quantitative estimate of drug-likeness (QED) is 0.164. The van der Waals surface area contributed by atoms with Crippen LogP contribution < -0.4 is 30.9 Å². The van der Waals surface area contributed by atoms with Gasteiger partial charge in [0.05, 0.1) is 5.41 Å². The van der Waals surface area contributed by atoms with Gasteiger partial charge in [0, 0.05) is 45.3 Å². The number of para-hydroxylation sites is 4. The molecule has 10 aromatic rings. The molecule has 0 aromatic heterocycles. The summed E-state index contributed by atoms with van der Waals surface area (Å²) in [5, 5.41) is 0. The molecule has 14 rings (SSSR count). The van der Waals surface area contributed by atoms with Crippen LogP contribution >= 0.6 is 0 Å². The van der Waals surface area contributed by atoms with Gasteiger partial charge in [0.25, 0.3) is 6.71 Å². The number of benzene rings is 10. The zero-order valence-electron chi connectivity index (χ0n) is 35.4. The van der Waals surface area contributed by atoms with E-state index in [2.05, 4.69) is 246 Å². The smallest absolute Gasteiger partial charge is 0.252 e. The SMILES string of the molecule is c1ccc(-c2ccccc2-c2cccc(N3c4cccc5c4B(c4ccccc4N5c4ccccc4)c4c3ccc3c4-c4ccccc4C34c3ccccc3Oc3ccccc34)c2)cc1. The second-order valence-electron chi connectivity index (χ2n) is 17.5. The molecular weight excluding hydrogens is 787 g/mol. The van der Waals surface area contributed by atoms with Crippen molar-refractivity contribution in [1.29, 1.82) is 0 Å². The molecule has 0 fully saturated rings. The molecule has 0 saturated carbocycles. The molecule has 0 saturated heterocycles. The number of hydrogen-bond acceptors (Lipinski definition) is 3. The van der Waals surface area contributed by atoms with Crippen molar-refractivity contribution in [2.45, 2.75) is 5.41 Å². The van der Waals surface area contributed by atoms with Crippen LogP contribution in [0.2, 0.25) is 0 Å². The van der Waals surface area contributed by atoms with Crippen molar-refractivity contribution in [1.82, 2.24) is 0 Å². The standard InChI is InChI=1S/C61H39BN2O/c1-3-19-40(20-4-1)44-25-7-8-26-45(44)41-21-17-24-43(39-41)64-54-34-18-33-53-59(54)62(51-31-13-14-32-52(51)63(53)42-22-5-2-6-23-42)60-55(64)38-37-50-58(60)46-27-9-10-28-47(46)61(50)48-29-11-15-35-56(48)65-57-36-16-12-30-49(57)61/h1-39H. The zero-order valence-corrected chi connectivity index (χ0v) is 35.4. The van der Waals surface area contributed by atoms with E-state index >= 15 is 0 Å². The third kappa shape index (κ3) is 4.97. The van der Waals surface area contributed by atoms with E-state index in [-0.39, 0.29) is 6.71 Å². The fourth-order valence-corrected chi connectivity index (χ4v) is 11.9. The van der Waals surface area contributed by atoms with Crippen molar-refractivity contribution in [3.05, 3.63) is 259 Å². The van der Waals surface area contributed by atoms with Crippen molar-refractivity contribution < 1.29 is 4.74 Å². The van der Waals surface area contributed by atoms with E-state index in [9.17, 15) is 0 Å². The molecule has 3 nitrogen and oxygen atoms in total. The minimum Gasteiger partial charge on any atom is -0.457 e. The number of nitrogens with zero attached hydrogens (tertiary/aromatic N) is 2. The summed E-state index contributed by atoms with van der Waals surface area (Å²) in [5.41, 5.74) is 22.6. The second-order valence-corrected chi connectivity index (χ2v) is 17.5. The van der Waals surface area contributed by atoms with Gasteiger partial charge in [0.15, 0.2) is 0 Å². The highest BCUT2D eigenvalue weighted by Crippen LogP contribution is 2.62. The molecule has 0 unspecified atom stereocenters. The van der Waals surface area contributed by atoms with Gasteiger partial charge in [-0.2, -0.15) is 0 Å². The van der Waals surface area contributed by atoms with Gasteiger partial charge < -0.3 is 14.5 Å². The van der Waals surface area contributed by atoms with Gasteiger partial charge in [-0.25, -0.2) is 0 Å². The summed E-state index contributed by atoms with van der Waals surface area (Å²) in [5.74, 6) is 1.80. The van der Waals surface area contributed by atoms with Crippen LogP contribution in [0.1, 0.15) is 22.3 Å². The molecule has 0 atom stereocenters. The largest absolute Gasteiger partial charge is 0.457 e. The van der Waals surface area contributed by atoms with Gasteiger partial charge in [-0.05, 0) is 122 Å². The van der Waals surface area contributed by atoms with E-state index in [1.165, 1.54) is 94.8 Å². The molecule has 0 radical (unpaired) electrons. The molecule has 3 aliphatic heterocycles. The summed E-state index contributed by atoms with van der Waals surface area (Å²) in [7, 11) is 0. The second kappa shape index (κ2) is 13.8. The van der Waals surface area contributed by atoms with E-state index in [0.29, 0.717) is 0 Å². The van der Waals surface area contributed by atoms with Crippen molar-refractivity contribution in [3.8, 4) is 44.9 Å². The number of hydrogen-bond donors (Lipinski definition) is 0. The number of rotatable bonds is 4. The summed E-state index contributed by atoms with van der Waals surface area (Å²) in [6.45, 7) is -0.0610. The van der Waals surface area contributed by atoms with Crippen LogP contribution in [0.5, 0.6) is 11.5 Å². The summed E-state index contributed by atoms with van der Waals surface area (Å²) in [6.07, 6.45) is 0. The number of anilines is 6. The Morgan fingerprint density at radius 3 is 1.58 bits per heavy atom. The molecule has 1 spiro atoms. The maximum atomic E-state index is 6.77. The number of ether oxygens (including phenoxy) is 1. The highest BCUT2D eigenvalue weighted by Gasteiger charge is 2.54. The van der Waals surface area contributed by atoms with E-state index < -0.39 is 5.41 Å². The van der Waals surface area contributed by atoms with Gasteiger partial charge in [0.1, 0.15) is 11.5 Å². The van der Waals surface area contributed by atoms with Crippen molar-refractivity contribution >= 4 is 57.2 Å². The summed E-state index contributed by atoms with van der Waals surface area (Å²) in [6, 6.07) is 86.9. The average Bonchev–Trinajstić information content (AvgIpc) is 3.67. The van der Waals surface area contributed by atoms with Gasteiger partial charge in [-0.15, -0.1) is 0 Å². The normalized spacial score (nSPS) is 14.0. The van der Waals surface area contributed by atoms with Crippen LogP contribution in [0.15, 0.2) is 237 Å². The first-order valence-corrected chi connectivity index (χ1v) is 22.6. The fraction of sp³-hybridized carbons (Fsp3) is 0.0164. The minimum atomic E-state index is -0.595. The molecule has 0 amide bonds. The maximum absolute atomic E-state index is 6.77. The van der Waals surface area contributed by atoms with Crippen molar-refractivity contribution in [2.24, 2.45) is 0 Å². The third-order valence-electron chi connectivity index (χ3n) is 14.3. The molecule has 0 N–H and O–H groups in total. The fourth-order valence-electron chi connectivity index (χ4n) is 11.9. The predicted octanol–water partition coefficient (Wildman–Crippen LogP) is 13.6. The molecule has 4 aliphatic rings. The Morgan fingerprint density at radius 1 is 0.338 bits per heavy atom. The van der Waals surface area contributed by atoms with Gasteiger partial charge in [-0.3, -0.25) is 0 Å². The molecule has 65 heavy (non-hydrogen) atoms. The lowest BCUT2D eigenvalue weighted by atomic mass is 9.32. The van der Waals surface area contributed by atoms with Crippen LogP contribution in [0.25, 0.3) is 33.4 Å². The lowest BCUT2D eigenvalue weighted by Crippen LogP contribution is -2.62. The zero-order chi connectivity index (χ0) is 42.6. The maximum Gasteiger partial charge on any atom is 0.252 e. The Bertz CT molecular complexity index is 3520. The Hall–Kier alpha value is -8.34. The van der Waals surface area contributed by atoms with Crippen LogP contribution in [-0.2, 0) is 5.41 Å². The van der Waals surface area contributed by atoms with E-state index in [0.717, 1.165) is 22.9 Å². The lowest BCUT2D eigenvalue weighted by molar-refractivity contribution is 0.436. The molecule has 1 aliphatic carbocycles. The van der Waals surface area contributed by atoms with Gasteiger partial charge in [0.2, 0.25) is 0 Å². The average molecular weight is 827 g/mol. The molecule has 10 aromatic carbocycles. The number of fused-ring (bicyclic) bond motifs is 14. The molecular formula is C61H39BN2O. The van der Waals surface area contributed by atoms with Crippen LogP contribution in [0, 0.1) is 0 Å². The summed E-state index contributed by atoms with van der Waals surface area (Å²) in [4.78, 5) is 5.03. The van der Waals surface area contributed by atoms with E-state index in [4.69, 9.17) is 4.74 Å². The van der Waals surface area contributed by atoms with Crippen LogP contribution in [0.3, 0.4) is 0 Å². The molecule has 3 heterocycles. The minimum absolute atomic E-state index is 0.0610.